The van der Waals surface area contributed by atoms with Crippen LogP contribution in [0.2, 0.25) is 0 Å². The van der Waals surface area contributed by atoms with Crippen LogP contribution in [0.3, 0.4) is 0 Å². The molecule has 1 fully saturated rings. The second kappa shape index (κ2) is 5.83. The summed E-state index contributed by atoms with van der Waals surface area (Å²) < 4.78 is 0. The van der Waals surface area contributed by atoms with E-state index in [1.54, 1.807) is 12.1 Å². The van der Waals surface area contributed by atoms with Crippen molar-refractivity contribution in [2.45, 2.75) is 26.7 Å². The number of likely N-dealkylation sites (tertiary alicyclic amines) is 1. The molecule has 4 heteroatoms. The van der Waals surface area contributed by atoms with Gasteiger partial charge in [-0.3, -0.25) is 0 Å². The summed E-state index contributed by atoms with van der Waals surface area (Å²) in [5.41, 5.74) is 2.35. The number of carboxylic acid groups (broad SMARTS) is 1. The van der Waals surface area contributed by atoms with Crippen molar-refractivity contribution in [3.8, 4) is 0 Å². The summed E-state index contributed by atoms with van der Waals surface area (Å²) in [6.45, 7) is 7.28. The van der Waals surface area contributed by atoms with E-state index in [1.165, 1.54) is 0 Å². The highest BCUT2D eigenvalue weighted by atomic mass is 16.4. The summed E-state index contributed by atoms with van der Waals surface area (Å²) in [4.78, 5) is 13.6. The van der Waals surface area contributed by atoms with Crippen molar-refractivity contribution in [1.82, 2.24) is 4.90 Å². The molecular weight excluding hydrogens is 252 g/mol. The summed E-state index contributed by atoms with van der Waals surface area (Å²) in [6, 6.07) is 5.40. The lowest BCUT2D eigenvalue weighted by atomic mass is 9.80. The molecule has 2 N–H and O–H groups in total. The number of hydrogen-bond donors (Lipinski definition) is 2. The van der Waals surface area contributed by atoms with E-state index in [0.717, 1.165) is 43.7 Å². The number of nitrogens with zero attached hydrogens (tertiary/aromatic N) is 1. The van der Waals surface area contributed by atoms with Crippen LogP contribution in [0.5, 0.6) is 0 Å². The predicted molar refractivity (Wildman–Crippen MR) is 81.5 cm³/mol. The van der Waals surface area contributed by atoms with Crippen molar-refractivity contribution < 1.29 is 9.90 Å². The lowest BCUT2D eigenvalue weighted by Gasteiger charge is -2.38. The first-order chi connectivity index (χ1) is 9.41. The van der Waals surface area contributed by atoms with Gasteiger partial charge >= 0.3 is 5.97 Å². The summed E-state index contributed by atoms with van der Waals surface area (Å²) in [5.74, 6) is -0.871. The highest BCUT2D eigenvalue weighted by molar-refractivity contribution is 5.95. The number of hydrogen-bond acceptors (Lipinski definition) is 3. The number of benzene rings is 1. The normalized spacial score (nSPS) is 18.8. The molecule has 0 atom stereocenters. The van der Waals surface area contributed by atoms with E-state index >= 15 is 0 Å². The lowest BCUT2D eigenvalue weighted by molar-refractivity contribution is 0.0697. The molecule has 1 saturated heterocycles. The predicted octanol–water partition coefficient (Wildman–Crippen LogP) is 2.84. The zero-order valence-corrected chi connectivity index (χ0v) is 12.6. The van der Waals surface area contributed by atoms with Gasteiger partial charge in [-0.1, -0.05) is 19.1 Å². The van der Waals surface area contributed by atoms with Gasteiger partial charge in [0.2, 0.25) is 0 Å². The molecule has 1 aliphatic rings. The fraction of sp³-hybridized carbons (Fsp3) is 0.562. The third-order valence-corrected chi connectivity index (χ3v) is 4.39. The Morgan fingerprint density at radius 2 is 2.05 bits per heavy atom. The van der Waals surface area contributed by atoms with E-state index < -0.39 is 5.97 Å². The number of piperidine rings is 1. The van der Waals surface area contributed by atoms with Crippen LogP contribution in [0.15, 0.2) is 18.2 Å². The monoisotopic (exact) mass is 276 g/mol. The maximum atomic E-state index is 11.3. The maximum absolute atomic E-state index is 11.3. The Balaban J connectivity index is 2.09. The number of para-hydroxylation sites is 1. The highest BCUT2D eigenvalue weighted by Gasteiger charge is 2.29. The lowest BCUT2D eigenvalue weighted by Crippen LogP contribution is -2.40. The largest absolute Gasteiger partial charge is 0.478 e. The van der Waals surface area contributed by atoms with Crippen LogP contribution in [-0.2, 0) is 0 Å². The molecule has 0 amide bonds. The Kier molecular flexibility index (Phi) is 4.33. The Hall–Kier alpha value is -1.55. The van der Waals surface area contributed by atoms with Gasteiger partial charge in [0.05, 0.1) is 11.3 Å². The number of nitrogens with one attached hydrogen (secondary N) is 1. The molecule has 0 saturated carbocycles. The standard InChI is InChI=1S/C16H24N2O2/c1-12-5-4-6-13(15(19)20)14(12)17-11-16(2)7-9-18(3)10-8-16/h4-6,17H,7-11H2,1-3H3,(H,19,20). The quantitative estimate of drug-likeness (QED) is 0.888. The molecule has 0 aliphatic carbocycles. The Bertz CT molecular complexity index is 491. The van der Waals surface area contributed by atoms with Crippen molar-refractivity contribution >= 4 is 11.7 Å². The SMILES string of the molecule is Cc1cccc(C(=O)O)c1NCC1(C)CCN(C)CC1. The molecule has 1 heterocycles. The topological polar surface area (TPSA) is 52.6 Å². The number of carbonyl (C=O) groups is 1. The summed E-state index contributed by atoms with van der Waals surface area (Å²) in [5, 5.41) is 12.7. The van der Waals surface area contributed by atoms with Crippen molar-refractivity contribution in [1.29, 1.82) is 0 Å². The van der Waals surface area contributed by atoms with Crippen LogP contribution >= 0.6 is 0 Å². The highest BCUT2D eigenvalue weighted by Crippen LogP contribution is 2.31. The number of aromatic carboxylic acids is 1. The van der Waals surface area contributed by atoms with Gasteiger partial charge in [0, 0.05) is 6.54 Å². The first kappa shape index (κ1) is 14.9. The van der Waals surface area contributed by atoms with Gasteiger partial charge in [0.1, 0.15) is 0 Å². The average molecular weight is 276 g/mol. The number of carboxylic acids is 1. The van der Waals surface area contributed by atoms with E-state index in [0.29, 0.717) is 5.56 Å². The molecule has 1 aromatic carbocycles. The third kappa shape index (κ3) is 3.31. The molecule has 1 aliphatic heterocycles. The molecule has 20 heavy (non-hydrogen) atoms. The van der Waals surface area contributed by atoms with Crippen LogP contribution in [0.1, 0.15) is 35.7 Å². The van der Waals surface area contributed by atoms with E-state index in [1.807, 2.05) is 13.0 Å². The number of rotatable bonds is 4. The molecule has 2 rings (SSSR count). The van der Waals surface area contributed by atoms with Crippen molar-refractivity contribution in [3.05, 3.63) is 29.3 Å². The van der Waals surface area contributed by atoms with E-state index in [2.05, 4.69) is 24.2 Å². The van der Waals surface area contributed by atoms with Crippen LogP contribution < -0.4 is 5.32 Å². The maximum Gasteiger partial charge on any atom is 0.337 e. The summed E-state index contributed by atoms with van der Waals surface area (Å²) in [7, 11) is 2.15. The van der Waals surface area contributed by atoms with E-state index in [4.69, 9.17) is 0 Å². The summed E-state index contributed by atoms with van der Waals surface area (Å²) in [6.07, 6.45) is 2.29. The van der Waals surface area contributed by atoms with Crippen LogP contribution in [-0.4, -0.2) is 42.7 Å². The molecule has 1 aromatic rings. The summed E-state index contributed by atoms with van der Waals surface area (Å²) >= 11 is 0. The average Bonchev–Trinajstić information content (AvgIpc) is 2.41. The number of anilines is 1. The molecule has 0 spiro atoms. The molecule has 0 bridgehead atoms. The zero-order valence-electron chi connectivity index (χ0n) is 12.6. The van der Waals surface area contributed by atoms with E-state index in [-0.39, 0.29) is 5.41 Å². The van der Waals surface area contributed by atoms with Gasteiger partial charge in [0.15, 0.2) is 0 Å². The minimum absolute atomic E-state index is 0.241. The Morgan fingerprint density at radius 1 is 1.40 bits per heavy atom. The van der Waals surface area contributed by atoms with Gasteiger partial charge < -0.3 is 15.3 Å². The molecular formula is C16H24N2O2. The Labute approximate surface area is 120 Å². The minimum Gasteiger partial charge on any atom is -0.478 e. The van der Waals surface area contributed by atoms with E-state index in [9.17, 15) is 9.90 Å². The second-order valence-electron chi connectivity index (χ2n) is 6.27. The molecule has 0 aromatic heterocycles. The number of aryl methyl sites for hydroxylation is 1. The van der Waals surface area contributed by atoms with Crippen LogP contribution in [0.25, 0.3) is 0 Å². The fourth-order valence-corrected chi connectivity index (χ4v) is 2.72. The van der Waals surface area contributed by atoms with Crippen LogP contribution in [0.4, 0.5) is 5.69 Å². The zero-order chi connectivity index (χ0) is 14.8. The minimum atomic E-state index is -0.871. The van der Waals surface area contributed by atoms with Gasteiger partial charge in [-0.25, -0.2) is 4.79 Å². The van der Waals surface area contributed by atoms with Crippen molar-refractivity contribution in [2.24, 2.45) is 5.41 Å². The van der Waals surface area contributed by atoms with Crippen molar-refractivity contribution in [2.75, 3.05) is 32.0 Å². The molecule has 4 nitrogen and oxygen atoms in total. The molecule has 110 valence electrons. The smallest absolute Gasteiger partial charge is 0.337 e. The third-order valence-electron chi connectivity index (χ3n) is 4.39. The first-order valence-corrected chi connectivity index (χ1v) is 7.17. The first-order valence-electron chi connectivity index (χ1n) is 7.17. The van der Waals surface area contributed by atoms with Gasteiger partial charge in [-0.05, 0) is 56.9 Å². The molecule has 0 unspecified atom stereocenters. The fourth-order valence-electron chi connectivity index (χ4n) is 2.72. The Morgan fingerprint density at radius 3 is 2.65 bits per heavy atom. The van der Waals surface area contributed by atoms with Gasteiger partial charge in [-0.15, -0.1) is 0 Å². The van der Waals surface area contributed by atoms with Crippen LogP contribution in [0, 0.1) is 12.3 Å². The van der Waals surface area contributed by atoms with Gasteiger partial charge in [0.25, 0.3) is 0 Å². The second-order valence-corrected chi connectivity index (χ2v) is 6.27. The molecule has 0 radical (unpaired) electrons. The van der Waals surface area contributed by atoms with Gasteiger partial charge in [-0.2, -0.15) is 0 Å². The van der Waals surface area contributed by atoms with Crippen molar-refractivity contribution in [3.63, 3.8) is 0 Å².